The molecule has 0 bridgehead atoms. The summed E-state index contributed by atoms with van der Waals surface area (Å²) in [4.78, 5) is 0. The van der Waals surface area contributed by atoms with Gasteiger partial charge in [0.2, 0.25) is 0 Å². The van der Waals surface area contributed by atoms with E-state index in [9.17, 15) is 0 Å². The van der Waals surface area contributed by atoms with E-state index in [1.165, 1.54) is 6.40 Å². The second kappa shape index (κ2) is 527. The van der Waals surface area contributed by atoms with E-state index in [0.717, 1.165) is 0 Å². The third kappa shape index (κ3) is 356. The van der Waals surface area contributed by atoms with Crippen molar-refractivity contribution in [3.8, 4) is 12.8 Å². The molecule has 0 amide bonds. The Balaban J connectivity index is -0.0000000147. The predicted octanol–water partition coefficient (Wildman–Crippen LogP) is 1.56. The van der Waals surface area contributed by atoms with Crippen molar-refractivity contribution in [1.82, 2.24) is 0 Å². The average molecular weight is 341 g/mol. The molecule has 0 radical (unpaired) electrons. The van der Waals surface area contributed by atoms with Crippen LogP contribution in [0.3, 0.4) is 0 Å². The Hall–Kier alpha value is 0.632. The van der Waals surface area contributed by atoms with Gasteiger partial charge in [-0.25, -0.2) is 0 Å². The van der Waals surface area contributed by atoms with Gasteiger partial charge in [0.25, 0.3) is 0 Å². The quantitative estimate of drug-likeness (QED) is 0.613. The monoisotopic (exact) mass is 341 g/mol. The van der Waals surface area contributed by atoms with E-state index in [4.69, 9.17) is 6.15 Å². The first-order valence-electron chi connectivity index (χ1n) is 1.97. The van der Waals surface area contributed by atoms with E-state index < -0.39 is 0 Å². The number of nitrogens with zero attached hydrogens (tertiary/aromatic N) is 1. The molecule has 0 rings (SSSR count). The van der Waals surface area contributed by atoms with Crippen LogP contribution in [0, 0.1) is 43.9 Å². The molecule has 0 saturated heterocycles. The van der Waals surface area contributed by atoms with Gasteiger partial charge in [0.15, 0.2) is 0 Å². The summed E-state index contributed by atoms with van der Waals surface area (Å²) in [5.74, 6) is 0. The molecule has 0 aromatic heterocycles. The molecule has 0 aliphatic rings. The number of hydrogen-bond acceptors (Lipinski definition) is 1. The summed E-state index contributed by atoms with van der Waals surface area (Å²) in [6, 6.07) is 0. The van der Waals surface area contributed by atoms with E-state index in [1.807, 2.05) is 13.8 Å². The first-order chi connectivity index (χ1) is 3.41. The maximum absolute atomic E-state index is 6.58. The van der Waals surface area contributed by atoms with Gasteiger partial charge in [0.05, 0.1) is 0 Å². The van der Waals surface area contributed by atoms with Gasteiger partial charge in [-0.1, -0.05) is 13.8 Å². The van der Waals surface area contributed by atoms with E-state index in [2.05, 4.69) is 18.8 Å². The van der Waals surface area contributed by atoms with Crippen LogP contribution in [-0.4, -0.2) is 0 Å². The summed E-state index contributed by atoms with van der Waals surface area (Å²) in [7, 11) is 0. The van der Waals surface area contributed by atoms with E-state index in [-0.39, 0.29) is 31.1 Å². The molecule has 3 heteroatoms. The van der Waals surface area contributed by atoms with Gasteiger partial charge in [0, 0.05) is 31.1 Å². The van der Waals surface area contributed by atoms with Crippen LogP contribution in [0.15, 0.2) is 0 Å². The normalized spacial score (nSPS) is 2.71. The predicted molar refractivity (Wildman–Crippen MR) is 32.0 cm³/mol. The van der Waals surface area contributed by atoms with Gasteiger partial charge < -0.3 is 4.78 Å². The summed E-state index contributed by atoms with van der Waals surface area (Å²) in [5, 5.41) is 0. The Kier molecular flexibility index (Phi) is 1180. The van der Waals surface area contributed by atoms with Gasteiger partial charge in [-0.2, -0.15) is 0 Å². The molecule has 0 atom stereocenters. The molecule has 7 heavy (non-hydrogen) atoms. The largest absolute Gasteiger partial charge is 0.742 e. The van der Waals surface area contributed by atoms with Crippen LogP contribution in [0.1, 0.15) is 15.2 Å². The summed E-state index contributed by atoms with van der Waals surface area (Å²) < 4.78 is 12.3. The maximum Gasteiger partial charge on any atom is 0.124 e. The fraction of sp³-hybridized carbons (Fsp3) is 0.500. The zero-order valence-corrected chi connectivity index (χ0v) is 9.41. The van der Waals surface area contributed by atoms with Crippen molar-refractivity contribution in [3.63, 3.8) is 0 Å². The van der Waals surface area contributed by atoms with Crippen molar-refractivity contribution in [1.29, 1.82) is 0 Å². The number of terminal acetylenes is 1. The van der Waals surface area contributed by atoms with Crippen LogP contribution < -0.4 is 0 Å². The molecule has 0 aromatic rings. The summed E-state index contributed by atoms with van der Waals surface area (Å²) in [6.45, 7) is 4.00. The molecule has 0 aromatic carbocycles. The first kappa shape index (κ1) is 15.6. The van der Waals surface area contributed by atoms with Gasteiger partial charge in [-0.05, 0) is 0 Å². The number of hydrogen-bond donors (Lipinski definition) is 0. The van der Waals surface area contributed by atoms with Crippen molar-refractivity contribution in [3.05, 3.63) is 4.78 Å². The minimum atomic E-state index is 0. The zero-order chi connectivity index (χ0) is 6.71. The van der Waals surface area contributed by atoms with Gasteiger partial charge in [0.1, 0.15) is 1.37 Å². The molecule has 0 heterocycles. The third-order valence-electron chi connectivity index (χ3n) is 0. The van der Waals surface area contributed by atoms with Crippen LogP contribution in [-0.2, 0) is 12.4 Å². The second-order valence-electron chi connectivity index (χ2n) is 0. The molecule has 40 valence electrons. The van der Waals surface area contributed by atoms with E-state index in [0.29, 0.717) is 0 Å². The minimum Gasteiger partial charge on any atom is -0.742 e. The molecule has 0 N–H and O–H groups in total. The van der Waals surface area contributed by atoms with Crippen LogP contribution in [0.4, 0.5) is 0 Å². The second-order valence-corrected chi connectivity index (χ2v) is 0. The SMILES string of the molecule is CC.[2H]C#C.[N-]=S.[U]. The van der Waals surface area contributed by atoms with E-state index >= 15 is 0 Å². The summed E-state index contributed by atoms with van der Waals surface area (Å²) in [5.41, 5.74) is 0. The van der Waals surface area contributed by atoms with Gasteiger partial charge in [-0.15, -0.1) is 12.8 Å². The molecule has 1 nitrogen and oxygen atoms in total. The minimum absolute atomic E-state index is 0. The van der Waals surface area contributed by atoms with Crippen molar-refractivity contribution >= 4 is 12.4 Å². The molecular formula is C4H8NSU-. The third-order valence-corrected chi connectivity index (χ3v) is 0. The van der Waals surface area contributed by atoms with Crippen molar-refractivity contribution in [2.75, 3.05) is 0 Å². The average Bonchev–Trinajstić information content (AvgIpc) is 1.78. The smallest absolute Gasteiger partial charge is 0.124 e. The van der Waals surface area contributed by atoms with Crippen molar-refractivity contribution in [2.24, 2.45) is 0 Å². The Labute approximate surface area is 76.0 Å². The Bertz CT molecular complexity index is 45.8. The zero-order valence-electron chi connectivity index (χ0n) is 5.43. The van der Waals surface area contributed by atoms with Crippen LogP contribution in [0.5, 0.6) is 0 Å². The summed E-state index contributed by atoms with van der Waals surface area (Å²) >= 11 is 3.08. The van der Waals surface area contributed by atoms with Crippen LogP contribution in [0.2, 0.25) is 0 Å². The summed E-state index contributed by atoms with van der Waals surface area (Å²) in [6.07, 6.45) is 5.76. The van der Waals surface area contributed by atoms with Gasteiger partial charge in [-0.3, -0.25) is 12.4 Å². The molecule has 0 spiro atoms. The van der Waals surface area contributed by atoms with Crippen molar-refractivity contribution < 1.29 is 32.5 Å². The molecule has 0 aliphatic heterocycles. The fourth-order valence-electron chi connectivity index (χ4n) is 0. The van der Waals surface area contributed by atoms with Crippen molar-refractivity contribution in [2.45, 2.75) is 13.8 Å². The number of rotatable bonds is 0. The van der Waals surface area contributed by atoms with Crippen LogP contribution >= 0.6 is 0 Å². The van der Waals surface area contributed by atoms with Crippen LogP contribution in [0.25, 0.3) is 4.78 Å². The topological polar surface area (TPSA) is 22.3 Å². The first-order valence-corrected chi connectivity index (χ1v) is 1.84. The molecule has 0 aliphatic carbocycles. The molecule has 0 saturated carbocycles. The van der Waals surface area contributed by atoms with Gasteiger partial charge >= 0.3 is 0 Å². The Morgan fingerprint density at radius 2 is 1.57 bits per heavy atom. The molecular weight excluding hydrogens is 332 g/mol. The Morgan fingerprint density at radius 1 is 1.57 bits per heavy atom. The maximum atomic E-state index is 6.58. The molecule has 0 unspecified atom stereocenters. The van der Waals surface area contributed by atoms with E-state index in [1.54, 1.807) is 0 Å². The molecule has 0 fully saturated rings. The standard InChI is InChI=1S/C2H6.C2H2.NS.U/c3*1-2;/h1-2H3;1-2H;;/q;;-1;/i;1D;;. The Morgan fingerprint density at radius 3 is 1.57 bits per heavy atom. The fourth-order valence-corrected chi connectivity index (χ4v) is 0.